The zero-order chi connectivity index (χ0) is 8.97. The summed E-state index contributed by atoms with van der Waals surface area (Å²) in [6.45, 7) is 2.16. The second-order valence-electron chi connectivity index (χ2n) is 3.48. The fraction of sp³-hybridized carbons (Fsp3) is 0.889. The van der Waals surface area contributed by atoms with Gasteiger partial charge in [0.1, 0.15) is 0 Å². The van der Waals surface area contributed by atoms with Crippen molar-refractivity contribution in [1.82, 2.24) is 5.32 Å². The molecule has 2 atom stereocenters. The largest absolute Gasteiger partial charge is 0.469 e. The first kappa shape index (κ1) is 9.52. The van der Waals surface area contributed by atoms with Crippen molar-refractivity contribution in [2.75, 3.05) is 7.11 Å². The van der Waals surface area contributed by atoms with Crippen LogP contribution in [-0.4, -0.2) is 25.2 Å². The maximum absolute atomic E-state index is 10.9. The molecule has 12 heavy (non-hydrogen) atoms. The molecule has 1 aliphatic heterocycles. The number of nitrogens with one attached hydrogen (secondary N) is 1. The number of carbonyl (C=O) groups is 1. The SMILES string of the molecule is COC(=O)C[C@@H]1CCC[C@H](C)N1. The van der Waals surface area contributed by atoms with Crippen LogP contribution in [0.2, 0.25) is 0 Å². The minimum atomic E-state index is -0.110. The van der Waals surface area contributed by atoms with Gasteiger partial charge in [-0.25, -0.2) is 0 Å². The van der Waals surface area contributed by atoms with E-state index in [2.05, 4.69) is 17.0 Å². The second kappa shape index (κ2) is 4.45. The zero-order valence-corrected chi connectivity index (χ0v) is 7.80. The van der Waals surface area contributed by atoms with Gasteiger partial charge in [-0.05, 0) is 19.8 Å². The summed E-state index contributed by atoms with van der Waals surface area (Å²) in [7, 11) is 1.44. The van der Waals surface area contributed by atoms with Gasteiger partial charge in [-0.3, -0.25) is 4.79 Å². The monoisotopic (exact) mass is 171 g/mol. The van der Waals surface area contributed by atoms with Gasteiger partial charge in [-0.2, -0.15) is 0 Å². The molecule has 0 radical (unpaired) electrons. The summed E-state index contributed by atoms with van der Waals surface area (Å²) in [5, 5.41) is 3.38. The van der Waals surface area contributed by atoms with Gasteiger partial charge in [0.2, 0.25) is 0 Å². The van der Waals surface area contributed by atoms with Crippen molar-refractivity contribution in [3.05, 3.63) is 0 Å². The average molecular weight is 171 g/mol. The molecular weight excluding hydrogens is 154 g/mol. The van der Waals surface area contributed by atoms with Gasteiger partial charge >= 0.3 is 5.97 Å². The summed E-state index contributed by atoms with van der Waals surface area (Å²) in [5.41, 5.74) is 0. The van der Waals surface area contributed by atoms with Gasteiger partial charge in [0.25, 0.3) is 0 Å². The van der Waals surface area contributed by atoms with E-state index < -0.39 is 0 Å². The Balaban J connectivity index is 2.27. The maximum Gasteiger partial charge on any atom is 0.307 e. The van der Waals surface area contributed by atoms with Gasteiger partial charge in [-0.15, -0.1) is 0 Å². The minimum Gasteiger partial charge on any atom is -0.469 e. The minimum absolute atomic E-state index is 0.110. The van der Waals surface area contributed by atoms with Crippen molar-refractivity contribution in [2.24, 2.45) is 0 Å². The van der Waals surface area contributed by atoms with Crippen molar-refractivity contribution < 1.29 is 9.53 Å². The predicted octanol–water partition coefficient (Wildman–Crippen LogP) is 1.08. The first-order valence-corrected chi connectivity index (χ1v) is 4.55. The Labute approximate surface area is 73.5 Å². The Kier molecular flexibility index (Phi) is 3.53. The van der Waals surface area contributed by atoms with E-state index >= 15 is 0 Å². The van der Waals surface area contributed by atoms with Crippen molar-refractivity contribution in [3.8, 4) is 0 Å². The van der Waals surface area contributed by atoms with Crippen LogP contribution in [0.3, 0.4) is 0 Å². The molecule has 0 aromatic heterocycles. The fourth-order valence-corrected chi connectivity index (χ4v) is 1.68. The molecule has 3 heteroatoms. The molecule has 0 bridgehead atoms. The van der Waals surface area contributed by atoms with Crippen LogP contribution in [0.5, 0.6) is 0 Å². The third-order valence-corrected chi connectivity index (χ3v) is 2.35. The highest BCUT2D eigenvalue weighted by Gasteiger charge is 2.20. The van der Waals surface area contributed by atoms with Gasteiger partial charge in [0.15, 0.2) is 0 Å². The van der Waals surface area contributed by atoms with E-state index in [1.54, 1.807) is 0 Å². The summed E-state index contributed by atoms with van der Waals surface area (Å²) < 4.78 is 4.61. The molecule has 0 aromatic carbocycles. The van der Waals surface area contributed by atoms with Gasteiger partial charge in [0, 0.05) is 12.1 Å². The molecule has 0 aliphatic carbocycles. The molecule has 0 aromatic rings. The van der Waals surface area contributed by atoms with Gasteiger partial charge in [0.05, 0.1) is 13.5 Å². The van der Waals surface area contributed by atoms with Crippen LogP contribution in [0.4, 0.5) is 0 Å². The number of hydrogen-bond acceptors (Lipinski definition) is 3. The summed E-state index contributed by atoms with van der Waals surface area (Å²) in [6, 6.07) is 0.884. The third-order valence-electron chi connectivity index (χ3n) is 2.35. The summed E-state index contributed by atoms with van der Waals surface area (Å²) in [5.74, 6) is -0.110. The van der Waals surface area contributed by atoms with Crippen LogP contribution in [0, 0.1) is 0 Å². The van der Waals surface area contributed by atoms with E-state index in [-0.39, 0.29) is 5.97 Å². The van der Waals surface area contributed by atoms with Crippen LogP contribution >= 0.6 is 0 Å². The Morgan fingerprint density at radius 1 is 1.58 bits per heavy atom. The molecule has 1 saturated heterocycles. The van der Waals surface area contributed by atoms with Crippen LogP contribution in [-0.2, 0) is 9.53 Å². The Morgan fingerprint density at radius 2 is 2.33 bits per heavy atom. The van der Waals surface area contributed by atoms with Crippen LogP contribution in [0.15, 0.2) is 0 Å². The van der Waals surface area contributed by atoms with E-state index in [1.165, 1.54) is 20.0 Å². The van der Waals surface area contributed by atoms with Crippen molar-refractivity contribution >= 4 is 5.97 Å². The summed E-state index contributed by atoms with van der Waals surface area (Å²) in [6.07, 6.45) is 4.05. The Hall–Kier alpha value is -0.570. The number of ether oxygens (including phenoxy) is 1. The smallest absolute Gasteiger partial charge is 0.307 e. The van der Waals surface area contributed by atoms with E-state index in [0.717, 1.165) is 6.42 Å². The first-order chi connectivity index (χ1) is 5.72. The normalized spacial score (nSPS) is 29.8. The standard InChI is InChI=1S/C9H17NO2/c1-7-4-3-5-8(10-7)6-9(11)12-2/h7-8,10H,3-6H2,1-2H3/t7-,8-/m0/s1. The second-order valence-corrected chi connectivity index (χ2v) is 3.48. The van der Waals surface area contributed by atoms with E-state index in [9.17, 15) is 4.79 Å². The average Bonchev–Trinajstić information content (AvgIpc) is 2.04. The van der Waals surface area contributed by atoms with Crippen molar-refractivity contribution in [1.29, 1.82) is 0 Å². The topological polar surface area (TPSA) is 38.3 Å². The van der Waals surface area contributed by atoms with E-state index in [0.29, 0.717) is 18.5 Å². The van der Waals surface area contributed by atoms with E-state index in [1.807, 2.05) is 0 Å². The number of esters is 1. The Bertz CT molecular complexity index is 159. The summed E-state index contributed by atoms with van der Waals surface area (Å²) >= 11 is 0. The number of carbonyl (C=O) groups excluding carboxylic acids is 1. The lowest BCUT2D eigenvalue weighted by atomic mass is 9.97. The molecule has 0 spiro atoms. The van der Waals surface area contributed by atoms with Crippen LogP contribution in [0.25, 0.3) is 0 Å². The fourth-order valence-electron chi connectivity index (χ4n) is 1.68. The van der Waals surface area contributed by atoms with Crippen LogP contribution < -0.4 is 5.32 Å². The number of methoxy groups -OCH3 is 1. The molecule has 0 saturated carbocycles. The Morgan fingerprint density at radius 3 is 2.92 bits per heavy atom. The van der Waals surface area contributed by atoms with Crippen molar-refractivity contribution in [2.45, 2.75) is 44.7 Å². The molecule has 1 N–H and O–H groups in total. The van der Waals surface area contributed by atoms with Gasteiger partial charge in [-0.1, -0.05) is 6.42 Å². The molecule has 3 nitrogen and oxygen atoms in total. The molecule has 1 aliphatic rings. The predicted molar refractivity (Wildman–Crippen MR) is 46.9 cm³/mol. The third kappa shape index (κ3) is 2.81. The van der Waals surface area contributed by atoms with Crippen LogP contribution in [0.1, 0.15) is 32.6 Å². The molecule has 0 unspecified atom stereocenters. The quantitative estimate of drug-likeness (QED) is 0.632. The van der Waals surface area contributed by atoms with Crippen molar-refractivity contribution in [3.63, 3.8) is 0 Å². The molecule has 0 amide bonds. The molecule has 70 valence electrons. The highest BCUT2D eigenvalue weighted by molar-refractivity contribution is 5.69. The zero-order valence-electron chi connectivity index (χ0n) is 7.80. The molecule has 1 fully saturated rings. The lowest BCUT2D eigenvalue weighted by Gasteiger charge is -2.27. The maximum atomic E-state index is 10.9. The molecule has 1 rings (SSSR count). The lowest BCUT2D eigenvalue weighted by molar-refractivity contribution is -0.141. The molecule has 1 heterocycles. The van der Waals surface area contributed by atoms with E-state index in [4.69, 9.17) is 0 Å². The lowest BCUT2D eigenvalue weighted by Crippen LogP contribution is -2.41. The number of hydrogen-bond donors (Lipinski definition) is 1. The molecular formula is C9H17NO2. The summed E-state index contributed by atoms with van der Waals surface area (Å²) in [4.78, 5) is 10.9. The number of rotatable bonds is 2. The highest BCUT2D eigenvalue weighted by Crippen LogP contribution is 2.14. The first-order valence-electron chi connectivity index (χ1n) is 4.55. The highest BCUT2D eigenvalue weighted by atomic mass is 16.5. The number of piperidine rings is 1. The van der Waals surface area contributed by atoms with Gasteiger partial charge < -0.3 is 10.1 Å².